The first-order valence-corrected chi connectivity index (χ1v) is 8.50. The maximum atomic E-state index is 2.41. The molecule has 1 nitrogen and oxygen atoms in total. The zero-order valence-corrected chi connectivity index (χ0v) is 13.6. The average Bonchev–Trinajstić information content (AvgIpc) is 2.63. The molecule has 0 fully saturated rings. The molecule has 1 aromatic heterocycles. The molecule has 0 saturated carbocycles. The summed E-state index contributed by atoms with van der Waals surface area (Å²) >= 11 is 0. The third-order valence-electron chi connectivity index (χ3n) is 4.92. The molecular weight excluding hydrogens is 278 g/mol. The summed E-state index contributed by atoms with van der Waals surface area (Å²) in [6.07, 6.45) is 5.01. The quantitative estimate of drug-likeness (QED) is 0.603. The fourth-order valence-corrected chi connectivity index (χ4v) is 3.79. The highest BCUT2D eigenvalue weighted by molar-refractivity contribution is 5.66. The summed E-state index contributed by atoms with van der Waals surface area (Å²) in [5.74, 6) is 0. The highest BCUT2D eigenvalue weighted by Gasteiger charge is 2.26. The van der Waals surface area contributed by atoms with Gasteiger partial charge in [0.2, 0.25) is 11.4 Å². The number of aryl methyl sites for hydroxylation is 1. The molecule has 1 heteroatoms. The van der Waals surface area contributed by atoms with Gasteiger partial charge >= 0.3 is 0 Å². The number of pyridine rings is 1. The summed E-state index contributed by atoms with van der Waals surface area (Å²) in [4.78, 5) is 0. The monoisotopic (exact) mass is 300 g/mol. The number of benzene rings is 2. The third kappa shape index (κ3) is 2.57. The van der Waals surface area contributed by atoms with Crippen molar-refractivity contribution >= 4 is 0 Å². The molecule has 0 N–H and O–H groups in total. The molecule has 0 amide bonds. The van der Waals surface area contributed by atoms with E-state index in [4.69, 9.17) is 0 Å². The first-order valence-electron chi connectivity index (χ1n) is 8.50. The number of hydrogen-bond acceptors (Lipinski definition) is 0. The minimum absolute atomic E-state index is 1.20. The van der Waals surface area contributed by atoms with Crippen LogP contribution in [0, 0.1) is 0 Å². The van der Waals surface area contributed by atoms with E-state index in [1.165, 1.54) is 53.8 Å². The Balaban J connectivity index is 2.00. The fraction of sp³-hybridized carbons (Fsp3) is 0.227. The molecule has 3 aromatic rings. The zero-order chi connectivity index (χ0) is 15.6. The van der Waals surface area contributed by atoms with E-state index >= 15 is 0 Å². The smallest absolute Gasteiger partial charge is 0.194 e. The number of hydrogen-bond donors (Lipinski definition) is 0. The van der Waals surface area contributed by atoms with Crippen LogP contribution in [0.4, 0.5) is 0 Å². The van der Waals surface area contributed by atoms with Crippen molar-refractivity contribution < 1.29 is 4.57 Å². The topological polar surface area (TPSA) is 3.88 Å². The van der Waals surface area contributed by atoms with Gasteiger partial charge in [0.05, 0.1) is 0 Å². The highest BCUT2D eigenvalue weighted by Crippen LogP contribution is 2.32. The van der Waals surface area contributed by atoms with Gasteiger partial charge in [0.25, 0.3) is 0 Å². The van der Waals surface area contributed by atoms with Crippen molar-refractivity contribution in [3.63, 3.8) is 0 Å². The molecular formula is C22H22N+. The third-order valence-corrected chi connectivity index (χ3v) is 4.92. The maximum Gasteiger partial charge on any atom is 0.216 e. The molecule has 0 unspecified atom stereocenters. The van der Waals surface area contributed by atoms with E-state index in [9.17, 15) is 0 Å². The largest absolute Gasteiger partial charge is 0.216 e. The van der Waals surface area contributed by atoms with Gasteiger partial charge in [-0.15, -0.1) is 0 Å². The van der Waals surface area contributed by atoms with Crippen LogP contribution in [-0.2, 0) is 19.9 Å². The van der Waals surface area contributed by atoms with Crippen molar-refractivity contribution in [2.24, 2.45) is 7.05 Å². The van der Waals surface area contributed by atoms with E-state index in [2.05, 4.69) is 78.3 Å². The normalized spacial score (nSPS) is 13.6. The van der Waals surface area contributed by atoms with Crippen LogP contribution in [0.1, 0.15) is 24.0 Å². The van der Waals surface area contributed by atoms with Gasteiger partial charge in [-0.1, -0.05) is 36.4 Å². The van der Waals surface area contributed by atoms with E-state index < -0.39 is 0 Å². The summed E-state index contributed by atoms with van der Waals surface area (Å²) in [5, 5.41) is 0. The van der Waals surface area contributed by atoms with Crippen LogP contribution in [0.2, 0.25) is 0 Å². The van der Waals surface area contributed by atoms with Gasteiger partial charge in [0.15, 0.2) is 0 Å². The molecule has 23 heavy (non-hydrogen) atoms. The molecule has 0 saturated heterocycles. The molecule has 0 bridgehead atoms. The van der Waals surface area contributed by atoms with E-state index in [1.54, 1.807) is 5.56 Å². The second-order valence-electron chi connectivity index (χ2n) is 6.38. The molecule has 0 aliphatic heterocycles. The van der Waals surface area contributed by atoms with Gasteiger partial charge in [-0.2, -0.15) is 4.57 Å². The molecule has 4 rings (SSSR count). The van der Waals surface area contributed by atoms with E-state index in [-0.39, 0.29) is 0 Å². The van der Waals surface area contributed by atoms with Crippen molar-refractivity contribution in [1.82, 2.24) is 0 Å². The Hall–Kier alpha value is -2.41. The number of rotatable bonds is 2. The van der Waals surface area contributed by atoms with Crippen LogP contribution >= 0.6 is 0 Å². The lowest BCUT2D eigenvalue weighted by atomic mass is 9.87. The molecule has 0 atom stereocenters. The van der Waals surface area contributed by atoms with Crippen LogP contribution in [0.3, 0.4) is 0 Å². The standard InChI is InChI=1S/C22H22N/c1-23-21(17-10-4-2-5-11-17)16-19-14-8-9-15-20(19)22(23)18-12-6-3-7-13-18/h2-7,10-13,16H,8-9,14-15H2,1H3/q+1. The lowest BCUT2D eigenvalue weighted by Crippen LogP contribution is -2.36. The molecule has 0 spiro atoms. The predicted octanol–water partition coefficient (Wildman–Crippen LogP) is 4.72. The maximum absolute atomic E-state index is 2.41. The Kier molecular flexibility index (Phi) is 3.70. The summed E-state index contributed by atoms with van der Waals surface area (Å²) in [6.45, 7) is 0. The van der Waals surface area contributed by atoms with Crippen LogP contribution in [0.25, 0.3) is 22.5 Å². The van der Waals surface area contributed by atoms with Gasteiger partial charge in [0.1, 0.15) is 7.05 Å². The second-order valence-corrected chi connectivity index (χ2v) is 6.38. The van der Waals surface area contributed by atoms with Crippen LogP contribution in [-0.4, -0.2) is 0 Å². The second kappa shape index (κ2) is 6.00. The number of nitrogens with zero attached hydrogens (tertiary/aromatic N) is 1. The fourth-order valence-electron chi connectivity index (χ4n) is 3.79. The highest BCUT2D eigenvalue weighted by atomic mass is 15.0. The Morgan fingerprint density at radius 2 is 1.35 bits per heavy atom. The summed E-state index contributed by atoms with van der Waals surface area (Å²) in [5.41, 5.74) is 8.40. The van der Waals surface area contributed by atoms with Crippen molar-refractivity contribution in [2.75, 3.05) is 0 Å². The Labute approximate surface area is 138 Å². The minimum Gasteiger partial charge on any atom is -0.194 e. The Morgan fingerprint density at radius 1 is 0.739 bits per heavy atom. The first kappa shape index (κ1) is 14.2. The van der Waals surface area contributed by atoms with E-state index in [0.29, 0.717) is 0 Å². The van der Waals surface area contributed by atoms with Crippen LogP contribution in [0.15, 0.2) is 66.7 Å². The average molecular weight is 300 g/mol. The van der Waals surface area contributed by atoms with Gasteiger partial charge in [0, 0.05) is 22.8 Å². The first-order chi connectivity index (χ1) is 11.3. The van der Waals surface area contributed by atoms with Crippen molar-refractivity contribution in [1.29, 1.82) is 0 Å². The van der Waals surface area contributed by atoms with Gasteiger partial charge in [-0.3, -0.25) is 0 Å². The molecule has 0 radical (unpaired) electrons. The van der Waals surface area contributed by atoms with Gasteiger partial charge < -0.3 is 0 Å². The van der Waals surface area contributed by atoms with Crippen molar-refractivity contribution in [3.8, 4) is 22.5 Å². The predicted molar refractivity (Wildman–Crippen MR) is 95.1 cm³/mol. The van der Waals surface area contributed by atoms with E-state index in [0.717, 1.165) is 0 Å². The lowest BCUT2D eigenvalue weighted by molar-refractivity contribution is -0.649. The minimum atomic E-state index is 1.20. The summed E-state index contributed by atoms with van der Waals surface area (Å²) < 4.78 is 2.38. The number of fused-ring (bicyclic) bond motifs is 1. The molecule has 1 heterocycles. The molecule has 2 aromatic carbocycles. The Bertz CT molecular complexity index is 820. The van der Waals surface area contributed by atoms with E-state index in [1.807, 2.05) is 0 Å². The number of aromatic nitrogens is 1. The van der Waals surface area contributed by atoms with Crippen molar-refractivity contribution in [2.45, 2.75) is 25.7 Å². The van der Waals surface area contributed by atoms with Crippen LogP contribution < -0.4 is 4.57 Å². The SMILES string of the molecule is C[n+]1c(-c2ccccc2)cc2c(c1-c1ccccc1)CCCC2. The molecule has 1 aliphatic carbocycles. The van der Waals surface area contributed by atoms with Gasteiger partial charge in [-0.25, -0.2) is 0 Å². The van der Waals surface area contributed by atoms with Crippen molar-refractivity contribution in [3.05, 3.63) is 77.9 Å². The van der Waals surface area contributed by atoms with Gasteiger partial charge in [-0.05, 0) is 55.5 Å². The molecule has 114 valence electrons. The zero-order valence-electron chi connectivity index (χ0n) is 13.6. The lowest BCUT2D eigenvalue weighted by Gasteiger charge is -2.19. The molecule has 1 aliphatic rings. The summed E-state index contributed by atoms with van der Waals surface area (Å²) in [7, 11) is 2.21. The van der Waals surface area contributed by atoms with Crippen LogP contribution in [0.5, 0.6) is 0 Å². The Morgan fingerprint density at radius 3 is 2.04 bits per heavy atom. The summed E-state index contributed by atoms with van der Waals surface area (Å²) in [6, 6.07) is 24.0.